The van der Waals surface area contributed by atoms with E-state index in [4.69, 9.17) is 19.4 Å². The third-order valence-corrected chi connectivity index (χ3v) is 5.91. The molecule has 4 heterocycles. The lowest BCUT2D eigenvalue weighted by Gasteiger charge is -2.31. The van der Waals surface area contributed by atoms with Crippen LogP contribution in [0.5, 0.6) is 0 Å². The van der Waals surface area contributed by atoms with Crippen LogP contribution in [0.15, 0.2) is 12.4 Å². The van der Waals surface area contributed by atoms with E-state index in [1.54, 1.807) is 12.4 Å². The molecule has 0 spiro atoms. The first-order chi connectivity index (χ1) is 15.1. The summed E-state index contributed by atoms with van der Waals surface area (Å²) in [4.78, 5) is 32.5. The van der Waals surface area contributed by atoms with Crippen LogP contribution in [0, 0.1) is 18.8 Å². The maximum Gasteiger partial charge on any atom is 0.490 e. The molecule has 3 fully saturated rings. The molecule has 1 aromatic rings. The van der Waals surface area contributed by atoms with E-state index in [-0.39, 0.29) is 17.9 Å². The van der Waals surface area contributed by atoms with Gasteiger partial charge in [-0.1, -0.05) is 0 Å². The van der Waals surface area contributed by atoms with Gasteiger partial charge in [0.15, 0.2) is 0 Å². The Morgan fingerprint density at radius 3 is 2.50 bits per heavy atom. The number of rotatable bonds is 4. The molecule has 3 saturated heterocycles. The molecule has 3 atom stereocenters. The van der Waals surface area contributed by atoms with Gasteiger partial charge in [-0.3, -0.25) is 19.7 Å². The Morgan fingerprint density at radius 2 is 1.91 bits per heavy atom. The SMILES string of the molecule is Cc1cnc(CNC(=O)[C@H]2CO[C@@H]3CN(C4CCOCC4)C[C@H]23)cn1.O=C(O)C(F)(F)F. The quantitative estimate of drug-likeness (QED) is 0.688. The largest absolute Gasteiger partial charge is 0.490 e. The number of aliphatic carboxylic acids is 1. The van der Waals surface area contributed by atoms with Crippen molar-refractivity contribution in [1.29, 1.82) is 0 Å². The van der Waals surface area contributed by atoms with E-state index in [1.807, 2.05) is 6.92 Å². The van der Waals surface area contributed by atoms with Crippen molar-refractivity contribution in [3.05, 3.63) is 23.8 Å². The van der Waals surface area contributed by atoms with Crippen LogP contribution in [0.2, 0.25) is 0 Å². The first-order valence-electron chi connectivity index (χ1n) is 10.4. The molecule has 12 heteroatoms. The standard InChI is InChI=1S/C18H26N4O3.C2HF3O2/c1-12-6-20-13(7-19-12)8-21-18(23)16-11-25-17-10-22(9-15(16)17)14-2-4-24-5-3-14;3-2(4,5)1(6)7/h6-7,14-17H,2-5,8-11H2,1H3,(H,21,23);(H,6,7)/t15-,16+,17-;/m1./s1. The molecule has 32 heavy (non-hydrogen) atoms. The molecule has 178 valence electrons. The highest BCUT2D eigenvalue weighted by molar-refractivity contribution is 5.79. The van der Waals surface area contributed by atoms with Gasteiger partial charge in [0.2, 0.25) is 5.91 Å². The average molecular weight is 460 g/mol. The zero-order valence-corrected chi connectivity index (χ0v) is 17.7. The van der Waals surface area contributed by atoms with Crippen LogP contribution in [0.4, 0.5) is 13.2 Å². The van der Waals surface area contributed by atoms with Crippen molar-refractivity contribution in [2.75, 3.05) is 32.9 Å². The Kier molecular flexibility index (Phi) is 8.01. The summed E-state index contributed by atoms with van der Waals surface area (Å²) in [6.45, 7) is 6.44. The number of hydrogen-bond acceptors (Lipinski definition) is 7. The van der Waals surface area contributed by atoms with Crippen molar-refractivity contribution in [1.82, 2.24) is 20.2 Å². The van der Waals surface area contributed by atoms with E-state index >= 15 is 0 Å². The van der Waals surface area contributed by atoms with Crippen molar-refractivity contribution in [2.45, 2.75) is 44.6 Å². The zero-order chi connectivity index (χ0) is 23.3. The number of hydrogen-bond donors (Lipinski definition) is 2. The summed E-state index contributed by atoms with van der Waals surface area (Å²) >= 11 is 0. The number of nitrogens with zero attached hydrogens (tertiary/aromatic N) is 3. The number of likely N-dealkylation sites (tertiary alicyclic amines) is 1. The van der Waals surface area contributed by atoms with Crippen molar-refractivity contribution < 1.29 is 37.3 Å². The van der Waals surface area contributed by atoms with Gasteiger partial charge < -0.3 is 19.9 Å². The van der Waals surface area contributed by atoms with Gasteiger partial charge in [0.05, 0.1) is 42.8 Å². The number of carbonyl (C=O) groups excluding carboxylic acids is 1. The van der Waals surface area contributed by atoms with Crippen molar-refractivity contribution in [3.8, 4) is 0 Å². The molecule has 1 aromatic heterocycles. The number of halogens is 3. The summed E-state index contributed by atoms with van der Waals surface area (Å²) in [7, 11) is 0. The highest BCUT2D eigenvalue weighted by atomic mass is 19.4. The minimum absolute atomic E-state index is 0.0618. The summed E-state index contributed by atoms with van der Waals surface area (Å²) in [6.07, 6.45) is 0.716. The fourth-order valence-corrected chi connectivity index (χ4v) is 4.18. The van der Waals surface area contributed by atoms with Crippen LogP contribution in [0.25, 0.3) is 0 Å². The van der Waals surface area contributed by atoms with Crippen LogP contribution >= 0.6 is 0 Å². The maximum atomic E-state index is 12.6. The monoisotopic (exact) mass is 460 g/mol. The lowest BCUT2D eigenvalue weighted by Crippen LogP contribution is -2.40. The van der Waals surface area contributed by atoms with E-state index in [1.165, 1.54) is 0 Å². The average Bonchev–Trinajstić information content (AvgIpc) is 3.34. The number of carboxylic acid groups (broad SMARTS) is 1. The smallest absolute Gasteiger partial charge is 0.475 e. The second-order valence-corrected chi connectivity index (χ2v) is 8.11. The number of ether oxygens (including phenoxy) is 2. The lowest BCUT2D eigenvalue weighted by atomic mass is 9.92. The number of nitrogens with one attached hydrogen (secondary N) is 1. The van der Waals surface area contributed by atoms with Gasteiger partial charge >= 0.3 is 12.1 Å². The minimum atomic E-state index is -5.08. The van der Waals surface area contributed by atoms with Gasteiger partial charge in [-0.25, -0.2) is 4.79 Å². The Bertz CT molecular complexity index is 786. The normalized spacial score (nSPS) is 26.2. The third-order valence-electron chi connectivity index (χ3n) is 5.91. The molecule has 0 bridgehead atoms. The molecule has 2 N–H and O–H groups in total. The van der Waals surface area contributed by atoms with Crippen LogP contribution in [-0.2, 0) is 25.6 Å². The highest BCUT2D eigenvalue weighted by Crippen LogP contribution is 2.36. The number of aryl methyl sites for hydroxylation is 1. The Labute approximate surface area is 183 Å². The number of carbonyl (C=O) groups is 2. The molecule has 3 aliphatic rings. The number of carboxylic acids is 1. The maximum absolute atomic E-state index is 12.6. The molecule has 0 radical (unpaired) electrons. The van der Waals surface area contributed by atoms with Crippen molar-refractivity contribution in [2.24, 2.45) is 11.8 Å². The van der Waals surface area contributed by atoms with Gasteiger partial charge in [-0.05, 0) is 19.8 Å². The minimum Gasteiger partial charge on any atom is -0.475 e. The summed E-state index contributed by atoms with van der Waals surface area (Å²) in [5.41, 5.74) is 1.66. The molecule has 9 nitrogen and oxygen atoms in total. The second-order valence-electron chi connectivity index (χ2n) is 8.11. The van der Waals surface area contributed by atoms with E-state index in [0.717, 1.165) is 50.5 Å². The predicted molar refractivity (Wildman–Crippen MR) is 104 cm³/mol. The number of amides is 1. The molecule has 3 aliphatic heterocycles. The molecule has 4 rings (SSSR count). The first-order valence-corrected chi connectivity index (χ1v) is 10.4. The Morgan fingerprint density at radius 1 is 1.22 bits per heavy atom. The Balaban J connectivity index is 0.000000360. The molecule has 0 aromatic carbocycles. The summed E-state index contributed by atoms with van der Waals surface area (Å²) < 4.78 is 43.1. The molecule has 0 unspecified atom stereocenters. The van der Waals surface area contributed by atoms with Crippen LogP contribution in [0.3, 0.4) is 0 Å². The summed E-state index contributed by atoms with van der Waals surface area (Å²) in [6, 6.07) is 0.578. The zero-order valence-electron chi connectivity index (χ0n) is 17.7. The van der Waals surface area contributed by atoms with Gasteiger partial charge in [0.1, 0.15) is 0 Å². The second kappa shape index (κ2) is 10.5. The topological polar surface area (TPSA) is 114 Å². The molecular formula is C20H27F3N4O5. The van der Waals surface area contributed by atoms with Gasteiger partial charge in [0.25, 0.3) is 0 Å². The number of alkyl halides is 3. The third kappa shape index (κ3) is 6.36. The molecule has 0 saturated carbocycles. The molecule has 0 aliphatic carbocycles. The van der Waals surface area contributed by atoms with Crippen LogP contribution in [-0.4, -0.2) is 83.1 Å². The van der Waals surface area contributed by atoms with E-state index in [9.17, 15) is 18.0 Å². The fraction of sp³-hybridized carbons (Fsp3) is 0.700. The summed E-state index contributed by atoms with van der Waals surface area (Å²) in [5.74, 6) is -2.45. The van der Waals surface area contributed by atoms with Crippen LogP contribution in [0.1, 0.15) is 24.2 Å². The van der Waals surface area contributed by atoms with Gasteiger partial charge in [-0.2, -0.15) is 13.2 Å². The fourth-order valence-electron chi connectivity index (χ4n) is 4.18. The first kappa shape index (κ1) is 24.3. The van der Waals surface area contributed by atoms with E-state index in [0.29, 0.717) is 25.1 Å². The number of aromatic nitrogens is 2. The van der Waals surface area contributed by atoms with Gasteiger partial charge in [-0.15, -0.1) is 0 Å². The molecule has 1 amide bonds. The number of fused-ring (bicyclic) bond motifs is 1. The highest BCUT2D eigenvalue weighted by Gasteiger charge is 2.48. The van der Waals surface area contributed by atoms with E-state index in [2.05, 4.69) is 20.2 Å². The van der Waals surface area contributed by atoms with Crippen molar-refractivity contribution in [3.63, 3.8) is 0 Å². The summed E-state index contributed by atoms with van der Waals surface area (Å²) in [5, 5.41) is 10.1. The Hall–Kier alpha value is -2.31. The molecular weight excluding hydrogens is 433 g/mol. The van der Waals surface area contributed by atoms with E-state index < -0.39 is 12.1 Å². The predicted octanol–water partition coefficient (Wildman–Crippen LogP) is 1.16. The lowest BCUT2D eigenvalue weighted by molar-refractivity contribution is -0.192. The van der Waals surface area contributed by atoms with Gasteiger partial charge in [0, 0.05) is 44.5 Å². The van der Waals surface area contributed by atoms with Crippen molar-refractivity contribution >= 4 is 11.9 Å². The van der Waals surface area contributed by atoms with Crippen LogP contribution < -0.4 is 5.32 Å².